The van der Waals surface area contributed by atoms with Crippen LogP contribution in [0, 0.1) is 5.82 Å². The molecule has 0 unspecified atom stereocenters. The van der Waals surface area contributed by atoms with Gasteiger partial charge in [-0.05, 0) is 36.5 Å². The molecule has 0 aromatic heterocycles. The molecule has 1 aliphatic carbocycles. The summed E-state index contributed by atoms with van der Waals surface area (Å²) >= 11 is 0. The first kappa shape index (κ1) is 11.9. The van der Waals surface area contributed by atoms with Crippen LogP contribution in [0.2, 0.25) is 0 Å². The fourth-order valence-corrected chi connectivity index (χ4v) is 2.00. The first-order valence-electron chi connectivity index (χ1n) is 5.82. The van der Waals surface area contributed by atoms with E-state index in [2.05, 4.69) is 4.99 Å². The number of hydrogen-bond donors (Lipinski definition) is 1. The smallest absolute Gasteiger partial charge is 0.190 e. The topological polar surface area (TPSA) is 41.6 Å². The zero-order chi connectivity index (χ0) is 12.4. The van der Waals surface area contributed by atoms with E-state index >= 15 is 0 Å². The van der Waals surface area contributed by atoms with E-state index in [0.717, 1.165) is 12.8 Å². The molecule has 0 heterocycles. The summed E-state index contributed by atoms with van der Waals surface area (Å²) < 4.78 is 12.8. The Morgan fingerprint density at radius 3 is 2.41 bits per heavy atom. The molecule has 0 atom stereocenters. The molecule has 3 nitrogen and oxygen atoms in total. The summed E-state index contributed by atoms with van der Waals surface area (Å²) in [5, 5.41) is 0. The first-order chi connectivity index (χ1) is 8.06. The van der Waals surface area contributed by atoms with Crippen molar-refractivity contribution in [2.45, 2.75) is 24.8 Å². The fourth-order valence-electron chi connectivity index (χ4n) is 2.00. The van der Waals surface area contributed by atoms with Crippen LogP contribution >= 0.6 is 0 Å². The van der Waals surface area contributed by atoms with Gasteiger partial charge in [0.25, 0.3) is 0 Å². The minimum absolute atomic E-state index is 0.181. The largest absolute Gasteiger partial charge is 0.370 e. The van der Waals surface area contributed by atoms with Gasteiger partial charge in [-0.25, -0.2) is 9.38 Å². The average molecular weight is 235 g/mol. The molecule has 2 rings (SSSR count). The molecule has 1 fully saturated rings. The van der Waals surface area contributed by atoms with Gasteiger partial charge in [0.2, 0.25) is 0 Å². The van der Waals surface area contributed by atoms with Crippen molar-refractivity contribution >= 4 is 5.96 Å². The number of guanidine groups is 1. The highest BCUT2D eigenvalue weighted by Crippen LogP contribution is 2.38. The van der Waals surface area contributed by atoms with Crippen LogP contribution in [0.3, 0.4) is 0 Å². The van der Waals surface area contributed by atoms with E-state index in [0.29, 0.717) is 17.9 Å². The van der Waals surface area contributed by atoms with Crippen LogP contribution in [0.15, 0.2) is 29.3 Å². The van der Waals surface area contributed by atoms with Crippen LogP contribution in [0.1, 0.15) is 24.3 Å². The third kappa shape index (κ3) is 2.75. The number of aliphatic imine (C=N–C) groups is 1. The maximum atomic E-state index is 12.8. The Hall–Kier alpha value is -1.58. The molecule has 92 valence electrons. The van der Waals surface area contributed by atoms with Crippen molar-refractivity contribution in [2.75, 3.05) is 14.1 Å². The number of nitrogens with two attached hydrogens (primary N) is 1. The average Bonchev–Trinajstić information content (AvgIpc) is 2.24. The highest BCUT2D eigenvalue weighted by molar-refractivity contribution is 5.77. The van der Waals surface area contributed by atoms with E-state index in [1.54, 1.807) is 0 Å². The van der Waals surface area contributed by atoms with Crippen LogP contribution in [0.25, 0.3) is 0 Å². The summed E-state index contributed by atoms with van der Waals surface area (Å²) in [7, 11) is 3.77. The summed E-state index contributed by atoms with van der Waals surface area (Å²) in [6.45, 7) is 0. The van der Waals surface area contributed by atoms with Gasteiger partial charge in [0.15, 0.2) is 5.96 Å². The van der Waals surface area contributed by atoms with Gasteiger partial charge in [0.1, 0.15) is 5.82 Å². The SMILES string of the molecule is CN(C)C(N)=NC1CC(c2ccc(F)cc2)C1. The van der Waals surface area contributed by atoms with Crippen LogP contribution < -0.4 is 5.73 Å². The van der Waals surface area contributed by atoms with Gasteiger partial charge in [-0.15, -0.1) is 0 Å². The Balaban J connectivity index is 1.91. The molecule has 0 saturated heterocycles. The second kappa shape index (κ2) is 4.73. The molecular weight excluding hydrogens is 217 g/mol. The minimum Gasteiger partial charge on any atom is -0.370 e. The predicted octanol–water partition coefficient (Wildman–Crippen LogP) is 1.95. The highest BCUT2D eigenvalue weighted by atomic mass is 19.1. The van der Waals surface area contributed by atoms with Crippen molar-refractivity contribution in [2.24, 2.45) is 10.7 Å². The Labute approximate surface area is 101 Å². The number of halogens is 1. The maximum Gasteiger partial charge on any atom is 0.190 e. The van der Waals surface area contributed by atoms with Gasteiger partial charge in [0, 0.05) is 14.1 Å². The maximum absolute atomic E-state index is 12.8. The van der Waals surface area contributed by atoms with E-state index in [9.17, 15) is 4.39 Å². The predicted molar refractivity (Wildman–Crippen MR) is 67.5 cm³/mol. The molecule has 1 aliphatic rings. The fraction of sp³-hybridized carbons (Fsp3) is 0.462. The highest BCUT2D eigenvalue weighted by Gasteiger charge is 2.30. The molecule has 4 heteroatoms. The van der Waals surface area contributed by atoms with E-state index in [4.69, 9.17) is 5.73 Å². The second-order valence-electron chi connectivity index (χ2n) is 4.76. The lowest BCUT2D eigenvalue weighted by Gasteiger charge is -2.33. The van der Waals surface area contributed by atoms with Crippen LogP contribution in [-0.2, 0) is 0 Å². The Bertz CT molecular complexity index is 405. The quantitative estimate of drug-likeness (QED) is 0.629. The zero-order valence-electron chi connectivity index (χ0n) is 10.2. The third-order valence-corrected chi connectivity index (χ3v) is 3.23. The molecule has 0 amide bonds. The monoisotopic (exact) mass is 235 g/mol. The Morgan fingerprint density at radius 1 is 1.29 bits per heavy atom. The summed E-state index contributed by atoms with van der Waals surface area (Å²) in [4.78, 5) is 6.23. The van der Waals surface area contributed by atoms with Gasteiger partial charge >= 0.3 is 0 Å². The summed E-state index contributed by atoms with van der Waals surface area (Å²) in [5.74, 6) is 0.895. The van der Waals surface area contributed by atoms with Crippen molar-refractivity contribution in [3.05, 3.63) is 35.6 Å². The molecular formula is C13H18FN3. The van der Waals surface area contributed by atoms with Crippen molar-refractivity contribution in [3.63, 3.8) is 0 Å². The zero-order valence-corrected chi connectivity index (χ0v) is 10.2. The van der Waals surface area contributed by atoms with Gasteiger partial charge in [0.05, 0.1) is 6.04 Å². The molecule has 1 aromatic rings. The molecule has 0 aliphatic heterocycles. The van der Waals surface area contributed by atoms with Gasteiger partial charge in [-0.2, -0.15) is 0 Å². The van der Waals surface area contributed by atoms with Crippen molar-refractivity contribution in [1.82, 2.24) is 4.90 Å². The second-order valence-corrected chi connectivity index (χ2v) is 4.76. The molecule has 1 saturated carbocycles. The molecule has 0 radical (unpaired) electrons. The van der Waals surface area contributed by atoms with Crippen molar-refractivity contribution in [3.8, 4) is 0 Å². The standard InChI is InChI=1S/C13H18FN3/c1-17(2)13(15)16-12-7-10(8-12)9-3-5-11(14)6-4-9/h3-6,10,12H,7-8H2,1-2H3,(H2,15,16). The Morgan fingerprint density at radius 2 is 1.88 bits per heavy atom. The lowest BCUT2D eigenvalue weighted by Crippen LogP contribution is -2.35. The number of benzene rings is 1. The summed E-state index contributed by atoms with van der Waals surface area (Å²) in [5.41, 5.74) is 6.95. The lowest BCUT2D eigenvalue weighted by atomic mass is 9.76. The molecule has 1 aromatic carbocycles. The van der Waals surface area contributed by atoms with E-state index in [1.807, 2.05) is 31.1 Å². The third-order valence-electron chi connectivity index (χ3n) is 3.23. The van der Waals surface area contributed by atoms with E-state index < -0.39 is 0 Å². The van der Waals surface area contributed by atoms with Crippen molar-refractivity contribution in [1.29, 1.82) is 0 Å². The Kier molecular flexibility index (Phi) is 3.31. The normalized spacial score (nSPS) is 24.3. The number of rotatable bonds is 2. The lowest BCUT2D eigenvalue weighted by molar-refractivity contribution is 0.349. The van der Waals surface area contributed by atoms with Crippen molar-refractivity contribution < 1.29 is 4.39 Å². The van der Waals surface area contributed by atoms with Gasteiger partial charge in [-0.3, -0.25) is 0 Å². The number of hydrogen-bond acceptors (Lipinski definition) is 1. The van der Waals surface area contributed by atoms with E-state index in [1.165, 1.54) is 17.7 Å². The number of nitrogens with zero attached hydrogens (tertiary/aromatic N) is 2. The van der Waals surface area contributed by atoms with Crippen LogP contribution in [0.5, 0.6) is 0 Å². The van der Waals surface area contributed by atoms with Crippen LogP contribution in [-0.4, -0.2) is 31.0 Å². The van der Waals surface area contributed by atoms with E-state index in [-0.39, 0.29) is 5.82 Å². The first-order valence-corrected chi connectivity index (χ1v) is 5.82. The minimum atomic E-state index is -0.181. The van der Waals surface area contributed by atoms with Gasteiger partial charge in [-0.1, -0.05) is 12.1 Å². The van der Waals surface area contributed by atoms with Gasteiger partial charge < -0.3 is 10.6 Å². The summed E-state index contributed by atoms with van der Waals surface area (Å²) in [6.07, 6.45) is 2.00. The van der Waals surface area contributed by atoms with Crippen LogP contribution in [0.4, 0.5) is 4.39 Å². The molecule has 17 heavy (non-hydrogen) atoms. The molecule has 0 bridgehead atoms. The summed E-state index contributed by atoms with van der Waals surface area (Å²) in [6, 6.07) is 7.05. The molecule has 2 N–H and O–H groups in total. The molecule has 0 spiro atoms.